The molecule has 0 bridgehead atoms. The van der Waals surface area contributed by atoms with Crippen LogP contribution in [0.25, 0.3) is 16.9 Å². The van der Waals surface area contributed by atoms with Crippen LogP contribution in [-0.2, 0) is 16.0 Å². The van der Waals surface area contributed by atoms with Gasteiger partial charge in [0.25, 0.3) is 0 Å². The van der Waals surface area contributed by atoms with Crippen LogP contribution in [0.1, 0.15) is 26.3 Å². The first-order valence-corrected chi connectivity index (χ1v) is 8.67. The molecule has 0 aliphatic carbocycles. The van der Waals surface area contributed by atoms with Crippen molar-refractivity contribution in [2.75, 3.05) is 12.4 Å². The van der Waals surface area contributed by atoms with Crippen molar-refractivity contribution in [2.45, 2.75) is 32.7 Å². The largest absolute Gasteiger partial charge is 0.466 e. The van der Waals surface area contributed by atoms with Gasteiger partial charge in [-0.05, 0) is 44.9 Å². The molecule has 0 atom stereocenters. The van der Waals surface area contributed by atoms with Crippen molar-refractivity contribution < 1.29 is 9.53 Å². The predicted molar refractivity (Wildman–Crippen MR) is 105 cm³/mol. The zero-order valence-corrected chi connectivity index (χ0v) is 15.9. The van der Waals surface area contributed by atoms with E-state index in [1.807, 2.05) is 22.8 Å². The number of carbonyl (C=O) groups is 1. The molecule has 0 aliphatic heterocycles. The van der Waals surface area contributed by atoms with Crippen LogP contribution in [0.4, 0.5) is 5.82 Å². The first-order valence-electron chi connectivity index (χ1n) is 8.67. The Bertz CT molecular complexity index is 985. The number of nitrogens with one attached hydrogen (secondary N) is 1. The maximum Gasteiger partial charge on any atom is 0.330 e. The van der Waals surface area contributed by atoms with Crippen LogP contribution >= 0.6 is 0 Å². The first kappa shape index (κ1) is 18.6. The predicted octanol–water partition coefficient (Wildman–Crippen LogP) is 3.30. The lowest BCUT2D eigenvalue weighted by molar-refractivity contribution is -0.134. The molecule has 0 radical (unpaired) electrons. The van der Waals surface area contributed by atoms with E-state index in [2.05, 4.69) is 45.8 Å². The third kappa shape index (κ3) is 4.69. The Balaban J connectivity index is 1.91. The Labute approximate surface area is 158 Å². The number of carbonyl (C=O) groups excluding carboxylic acids is 1. The summed E-state index contributed by atoms with van der Waals surface area (Å²) in [5.41, 5.74) is 2.75. The van der Waals surface area contributed by atoms with Gasteiger partial charge in [0.15, 0.2) is 5.82 Å². The number of allylic oxidation sites excluding steroid dienone is 1. The number of imidazole rings is 1. The summed E-state index contributed by atoms with van der Waals surface area (Å²) in [6.45, 7) is 6.21. The number of hydrogen-bond donors (Lipinski definition) is 1. The summed E-state index contributed by atoms with van der Waals surface area (Å²) < 4.78 is 6.51. The monoisotopic (exact) mass is 365 g/mol. The Morgan fingerprint density at radius 1 is 1.30 bits per heavy atom. The SMILES string of the molecule is COC(=O)/C=C/Cc1ccc2ncn(-c3cncc(NC(C)(C)C)n3)c2c1. The van der Waals surface area contributed by atoms with E-state index in [-0.39, 0.29) is 11.5 Å². The molecule has 7 heteroatoms. The molecule has 2 aromatic heterocycles. The van der Waals surface area contributed by atoms with Gasteiger partial charge in [0, 0.05) is 11.6 Å². The number of benzene rings is 1. The number of anilines is 1. The number of aromatic nitrogens is 4. The second-order valence-electron chi connectivity index (χ2n) is 7.20. The standard InChI is InChI=1S/C20H23N5O2/c1-20(2,3)24-17-11-21-12-18(23-17)25-13-22-15-9-8-14(10-16(15)25)6-5-7-19(26)27-4/h5,7-13H,6H2,1-4H3,(H,23,24)/b7-5+. The number of esters is 1. The highest BCUT2D eigenvalue weighted by Crippen LogP contribution is 2.20. The van der Waals surface area contributed by atoms with E-state index in [4.69, 9.17) is 0 Å². The highest BCUT2D eigenvalue weighted by atomic mass is 16.5. The van der Waals surface area contributed by atoms with Crippen molar-refractivity contribution >= 4 is 22.8 Å². The van der Waals surface area contributed by atoms with Crippen LogP contribution in [0, 0.1) is 0 Å². The molecule has 7 nitrogen and oxygen atoms in total. The summed E-state index contributed by atoms with van der Waals surface area (Å²) in [7, 11) is 1.36. The van der Waals surface area contributed by atoms with Gasteiger partial charge >= 0.3 is 5.97 Å². The van der Waals surface area contributed by atoms with E-state index < -0.39 is 0 Å². The molecule has 27 heavy (non-hydrogen) atoms. The molecule has 140 valence electrons. The Kier molecular flexibility index (Phi) is 5.21. The smallest absolute Gasteiger partial charge is 0.330 e. The quantitative estimate of drug-likeness (QED) is 0.552. The number of nitrogens with zero attached hydrogens (tertiary/aromatic N) is 4. The Morgan fingerprint density at radius 3 is 2.85 bits per heavy atom. The van der Waals surface area contributed by atoms with Crippen molar-refractivity contribution in [3.8, 4) is 5.82 Å². The molecular formula is C20H23N5O2. The third-order valence-electron chi connectivity index (χ3n) is 3.79. The topological polar surface area (TPSA) is 81.9 Å². The second-order valence-corrected chi connectivity index (χ2v) is 7.20. The van der Waals surface area contributed by atoms with Crippen LogP contribution < -0.4 is 5.32 Å². The van der Waals surface area contributed by atoms with Crippen LogP contribution in [0.2, 0.25) is 0 Å². The summed E-state index contributed by atoms with van der Waals surface area (Å²) in [5.74, 6) is 1.03. The third-order valence-corrected chi connectivity index (χ3v) is 3.79. The van der Waals surface area contributed by atoms with Crippen molar-refractivity contribution in [2.24, 2.45) is 0 Å². The fraction of sp³-hybridized carbons (Fsp3) is 0.300. The number of ether oxygens (including phenoxy) is 1. The lowest BCUT2D eigenvalue weighted by atomic mass is 10.1. The average molecular weight is 365 g/mol. The molecule has 0 unspecified atom stereocenters. The molecule has 0 aliphatic rings. The molecule has 0 saturated carbocycles. The minimum absolute atomic E-state index is 0.108. The van der Waals surface area contributed by atoms with Gasteiger partial charge in [-0.25, -0.2) is 14.8 Å². The number of rotatable bonds is 5. The van der Waals surface area contributed by atoms with E-state index in [0.717, 1.165) is 16.6 Å². The molecule has 0 spiro atoms. The molecule has 0 saturated heterocycles. The van der Waals surface area contributed by atoms with Gasteiger partial charge in [-0.2, -0.15) is 0 Å². The number of fused-ring (bicyclic) bond motifs is 1. The van der Waals surface area contributed by atoms with Crippen LogP contribution in [0.5, 0.6) is 0 Å². The van der Waals surface area contributed by atoms with Crippen molar-refractivity contribution in [3.63, 3.8) is 0 Å². The number of hydrogen-bond acceptors (Lipinski definition) is 6. The highest BCUT2D eigenvalue weighted by molar-refractivity contribution is 5.82. The molecule has 1 N–H and O–H groups in total. The van der Waals surface area contributed by atoms with Gasteiger partial charge in [-0.15, -0.1) is 0 Å². The summed E-state index contributed by atoms with van der Waals surface area (Å²) in [5, 5.41) is 3.33. The zero-order valence-electron chi connectivity index (χ0n) is 15.9. The van der Waals surface area contributed by atoms with Gasteiger partial charge in [0.2, 0.25) is 0 Å². The summed E-state index contributed by atoms with van der Waals surface area (Å²) in [4.78, 5) is 24.6. The van der Waals surface area contributed by atoms with E-state index in [1.165, 1.54) is 13.2 Å². The van der Waals surface area contributed by atoms with Gasteiger partial charge in [0.05, 0.1) is 30.5 Å². The van der Waals surface area contributed by atoms with Gasteiger partial charge in [0.1, 0.15) is 12.1 Å². The van der Waals surface area contributed by atoms with Crippen molar-refractivity contribution in [3.05, 3.63) is 54.6 Å². The minimum atomic E-state index is -0.362. The number of methoxy groups -OCH3 is 1. The molecular weight excluding hydrogens is 342 g/mol. The highest BCUT2D eigenvalue weighted by Gasteiger charge is 2.12. The normalized spacial score (nSPS) is 11.9. The fourth-order valence-electron chi connectivity index (χ4n) is 2.64. The van der Waals surface area contributed by atoms with Crippen molar-refractivity contribution in [1.82, 2.24) is 19.5 Å². The molecule has 0 amide bonds. The van der Waals surface area contributed by atoms with E-state index >= 15 is 0 Å². The molecule has 3 aromatic rings. The lowest BCUT2D eigenvalue weighted by Crippen LogP contribution is -2.26. The van der Waals surface area contributed by atoms with Gasteiger partial charge in [-0.1, -0.05) is 12.1 Å². The summed E-state index contributed by atoms with van der Waals surface area (Å²) in [6.07, 6.45) is 8.98. The summed E-state index contributed by atoms with van der Waals surface area (Å²) >= 11 is 0. The Hall–Kier alpha value is -3.22. The zero-order chi connectivity index (χ0) is 19.4. The van der Waals surface area contributed by atoms with Gasteiger partial charge in [-0.3, -0.25) is 9.55 Å². The van der Waals surface area contributed by atoms with E-state index in [1.54, 1.807) is 24.8 Å². The first-order chi connectivity index (χ1) is 12.9. The molecule has 0 fully saturated rings. The fourth-order valence-corrected chi connectivity index (χ4v) is 2.64. The minimum Gasteiger partial charge on any atom is -0.466 e. The Morgan fingerprint density at radius 2 is 2.11 bits per heavy atom. The van der Waals surface area contributed by atoms with Crippen LogP contribution in [0.15, 0.2) is 49.1 Å². The van der Waals surface area contributed by atoms with E-state index in [9.17, 15) is 4.79 Å². The summed E-state index contributed by atoms with van der Waals surface area (Å²) in [6, 6.07) is 5.98. The van der Waals surface area contributed by atoms with Crippen molar-refractivity contribution in [1.29, 1.82) is 0 Å². The molecule has 1 aromatic carbocycles. The van der Waals surface area contributed by atoms with Gasteiger partial charge < -0.3 is 10.1 Å². The second kappa shape index (κ2) is 7.57. The lowest BCUT2D eigenvalue weighted by Gasteiger charge is -2.21. The van der Waals surface area contributed by atoms with Crippen LogP contribution in [-0.4, -0.2) is 38.1 Å². The van der Waals surface area contributed by atoms with E-state index in [0.29, 0.717) is 18.1 Å². The van der Waals surface area contributed by atoms with Crippen LogP contribution in [0.3, 0.4) is 0 Å². The molecule has 3 rings (SSSR count). The molecule has 2 heterocycles. The maximum absolute atomic E-state index is 11.2. The maximum atomic E-state index is 11.2. The average Bonchev–Trinajstić information content (AvgIpc) is 3.03.